The fraction of sp³-hybridized carbons (Fsp3) is 0.333. The number of ketones is 1. The van der Waals surface area contributed by atoms with E-state index in [-0.39, 0.29) is 37.0 Å². The highest BCUT2D eigenvalue weighted by Gasteiger charge is 2.42. The maximum absolute atomic E-state index is 13.7. The summed E-state index contributed by atoms with van der Waals surface area (Å²) in [6, 6.07) is 13.6. The van der Waals surface area contributed by atoms with Crippen molar-refractivity contribution in [3.8, 4) is 5.75 Å². The summed E-state index contributed by atoms with van der Waals surface area (Å²) in [6.07, 6.45) is 0.795. The number of rotatable bonds is 8. The number of nitrogens with zero attached hydrogens (tertiary/aromatic N) is 1. The number of dihydropyridines is 1. The fourth-order valence-corrected chi connectivity index (χ4v) is 4.95. The van der Waals surface area contributed by atoms with Crippen molar-refractivity contribution in [3.05, 3.63) is 92.3 Å². The number of nitro benzene ring substituents is 1. The summed E-state index contributed by atoms with van der Waals surface area (Å²) >= 11 is 0. The van der Waals surface area contributed by atoms with Crippen LogP contribution in [0.2, 0.25) is 0 Å². The second-order valence-corrected chi connectivity index (χ2v) is 8.74. The number of nitro groups is 1. The second-order valence-electron chi connectivity index (χ2n) is 8.74. The van der Waals surface area contributed by atoms with Crippen molar-refractivity contribution < 1.29 is 28.7 Å². The lowest BCUT2D eigenvalue weighted by Crippen LogP contribution is -2.36. The Labute approximate surface area is 208 Å². The van der Waals surface area contributed by atoms with Crippen molar-refractivity contribution in [1.29, 1.82) is 0 Å². The molecular weight excluding hydrogens is 464 g/mol. The highest BCUT2D eigenvalue weighted by atomic mass is 16.6. The van der Waals surface area contributed by atoms with Gasteiger partial charge in [0, 0.05) is 54.5 Å². The van der Waals surface area contributed by atoms with Gasteiger partial charge in [0.1, 0.15) is 12.4 Å². The van der Waals surface area contributed by atoms with Gasteiger partial charge in [0.25, 0.3) is 5.69 Å². The Morgan fingerprint density at radius 1 is 1.08 bits per heavy atom. The van der Waals surface area contributed by atoms with E-state index >= 15 is 0 Å². The van der Waals surface area contributed by atoms with Gasteiger partial charge >= 0.3 is 5.97 Å². The molecule has 0 saturated carbocycles. The minimum Gasteiger partial charge on any atom is -0.496 e. The molecular formula is C27H28N2O7. The van der Waals surface area contributed by atoms with Crippen LogP contribution >= 0.6 is 0 Å². The quantitative estimate of drug-likeness (QED) is 0.253. The summed E-state index contributed by atoms with van der Waals surface area (Å²) in [7, 11) is 3.11. The Morgan fingerprint density at radius 3 is 2.47 bits per heavy atom. The van der Waals surface area contributed by atoms with Crippen molar-refractivity contribution in [2.24, 2.45) is 0 Å². The number of non-ortho nitro benzene ring substituents is 1. The predicted octanol–water partition coefficient (Wildman–Crippen LogP) is 4.15. The summed E-state index contributed by atoms with van der Waals surface area (Å²) in [4.78, 5) is 37.5. The third-order valence-corrected chi connectivity index (χ3v) is 6.58. The molecule has 2 atom stereocenters. The average Bonchev–Trinajstić information content (AvgIpc) is 2.87. The van der Waals surface area contributed by atoms with Crippen molar-refractivity contribution in [3.63, 3.8) is 0 Å². The molecule has 1 heterocycles. The van der Waals surface area contributed by atoms with Crippen LogP contribution in [0.5, 0.6) is 5.75 Å². The molecule has 0 fully saturated rings. The number of carbonyl (C=O) groups is 2. The molecule has 2 aromatic rings. The van der Waals surface area contributed by atoms with Crippen LogP contribution in [-0.2, 0) is 19.1 Å². The van der Waals surface area contributed by atoms with Crippen LogP contribution in [-0.4, -0.2) is 44.1 Å². The van der Waals surface area contributed by atoms with Gasteiger partial charge < -0.3 is 19.5 Å². The predicted molar refractivity (Wildman–Crippen MR) is 132 cm³/mol. The Hall–Kier alpha value is -3.98. The SMILES string of the molecule is COCCOC(=O)C1=C(C)NC2=C(C(=O)C[C@H](c3ccccc3OC)C2)[C@@H]1c1ccc([N+](=O)[O-])cc1. The van der Waals surface area contributed by atoms with E-state index in [1.807, 2.05) is 24.3 Å². The van der Waals surface area contributed by atoms with E-state index in [1.54, 1.807) is 26.2 Å². The molecule has 1 aliphatic carbocycles. The van der Waals surface area contributed by atoms with E-state index in [0.29, 0.717) is 28.8 Å². The minimum atomic E-state index is -0.705. The Bertz CT molecular complexity index is 1250. The maximum atomic E-state index is 13.7. The van der Waals surface area contributed by atoms with Crippen LogP contribution in [0.25, 0.3) is 0 Å². The van der Waals surface area contributed by atoms with Crippen molar-refractivity contribution >= 4 is 17.4 Å². The number of methoxy groups -OCH3 is 2. The van der Waals surface area contributed by atoms with Gasteiger partial charge in [0.15, 0.2) is 5.78 Å². The maximum Gasteiger partial charge on any atom is 0.336 e. The molecule has 0 saturated heterocycles. The van der Waals surface area contributed by atoms with Crippen molar-refractivity contribution in [2.45, 2.75) is 31.6 Å². The molecule has 36 heavy (non-hydrogen) atoms. The van der Waals surface area contributed by atoms with E-state index in [9.17, 15) is 19.7 Å². The van der Waals surface area contributed by atoms with Gasteiger partial charge in [-0.2, -0.15) is 0 Å². The van der Waals surface area contributed by atoms with E-state index in [2.05, 4.69) is 5.32 Å². The molecule has 9 heteroatoms. The number of para-hydroxylation sites is 1. The molecule has 0 amide bonds. The third kappa shape index (κ3) is 4.87. The van der Waals surface area contributed by atoms with Gasteiger partial charge in [-0.15, -0.1) is 0 Å². The third-order valence-electron chi connectivity index (χ3n) is 6.58. The Morgan fingerprint density at radius 2 is 1.81 bits per heavy atom. The van der Waals surface area contributed by atoms with Gasteiger partial charge in [-0.3, -0.25) is 14.9 Å². The average molecular weight is 493 g/mol. The van der Waals surface area contributed by atoms with Gasteiger partial charge in [-0.1, -0.05) is 30.3 Å². The Balaban J connectivity index is 1.77. The first-order chi connectivity index (χ1) is 17.3. The zero-order valence-electron chi connectivity index (χ0n) is 20.4. The smallest absolute Gasteiger partial charge is 0.336 e. The number of allylic oxidation sites excluding steroid dienone is 3. The zero-order chi connectivity index (χ0) is 25.8. The molecule has 0 radical (unpaired) electrons. The molecule has 0 aromatic heterocycles. The number of ether oxygens (including phenoxy) is 3. The van der Waals surface area contributed by atoms with Gasteiger partial charge in [-0.25, -0.2) is 4.79 Å². The molecule has 4 rings (SSSR count). The first-order valence-electron chi connectivity index (χ1n) is 11.6. The molecule has 0 spiro atoms. The summed E-state index contributed by atoms with van der Waals surface area (Å²) in [5, 5.41) is 14.5. The number of hydrogen-bond acceptors (Lipinski definition) is 8. The summed E-state index contributed by atoms with van der Waals surface area (Å²) in [6.45, 7) is 2.07. The first-order valence-corrected chi connectivity index (χ1v) is 11.6. The first kappa shape index (κ1) is 25.1. The second kappa shape index (κ2) is 10.7. The van der Waals surface area contributed by atoms with Crippen LogP contribution in [0, 0.1) is 10.1 Å². The van der Waals surface area contributed by atoms with E-state index in [4.69, 9.17) is 14.2 Å². The number of nitrogens with one attached hydrogen (secondary N) is 1. The van der Waals surface area contributed by atoms with Gasteiger partial charge in [0.2, 0.25) is 0 Å². The van der Waals surface area contributed by atoms with Crippen molar-refractivity contribution in [1.82, 2.24) is 5.32 Å². The molecule has 0 bridgehead atoms. The van der Waals surface area contributed by atoms with Crippen LogP contribution in [0.3, 0.4) is 0 Å². The van der Waals surface area contributed by atoms with E-state index in [1.165, 1.54) is 19.2 Å². The van der Waals surface area contributed by atoms with E-state index in [0.717, 1.165) is 17.0 Å². The lowest BCUT2D eigenvalue weighted by Gasteiger charge is -2.37. The summed E-state index contributed by atoms with van der Waals surface area (Å²) in [5.74, 6) is -0.746. The van der Waals surface area contributed by atoms with E-state index < -0.39 is 16.8 Å². The normalized spacial score (nSPS) is 19.5. The molecule has 2 aromatic carbocycles. The molecule has 9 nitrogen and oxygen atoms in total. The molecule has 1 N–H and O–H groups in total. The number of carbonyl (C=O) groups excluding carboxylic acids is 2. The zero-order valence-corrected chi connectivity index (χ0v) is 20.4. The highest BCUT2D eigenvalue weighted by molar-refractivity contribution is 6.04. The lowest BCUT2D eigenvalue weighted by atomic mass is 9.71. The Kier molecular flexibility index (Phi) is 7.49. The number of esters is 1. The van der Waals surface area contributed by atoms with Crippen LogP contribution in [0.4, 0.5) is 5.69 Å². The molecule has 188 valence electrons. The number of hydrogen-bond donors (Lipinski definition) is 1. The summed E-state index contributed by atoms with van der Waals surface area (Å²) in [5.41, 5.74) is 3.58. The van der Waals surface area contributed by atoms with Crippen molar-refractivity contribution in [2.75, 3.05) is 27.4 Å². The molecule has 1 aliphatic heterocycles. The number of Topliss-reactive ketones (excluding diaryl/α,β-unsaturated/α-hetero) is 1. The largest absolute Gasteiger partial charge is 0.496 e. The molecule has 2 aliphatic rings. The molecule has 0 unspecified atom stereocenters. The lowest BCUT2D eigenvalue weighted by molar-refractivity contribution is -0.384. The fourth-order valence-electron chi connectivity index (χ4n) is 4.95. The van der Waals surface area contributed by atoms with Crippen LogP contribution in [0.15, 0.2) is 71.1 Å². The van der Waals surface area contributed by atoms with Gasteiger partial charge in [0.05, 0.1) is 24.2 Å². The van der Waals surface area contributed by atoms with Crippen LogP contribution in [0.1, 0.15) is 42.7 Å². The minimum absolute atomic E-state index is 0.0643. The number of benzene rings is 2. The standard InChI is InChI=1S/C27H28N2O7/c1-16-24(27(31)36-13-12-34-2)25(17-8-10-19(11-9-17)29(32)33)26-21(28-16)14-18(15-22(26)30)20-6-4-5-7-23(20)35-3/h4-11,18,25,28H,12-15H2,1-3H3/t18-,25-/m1/s1. The summed E-state index contributed by atoms with van der Waals surface area (Å²) < 4.78 is 15.9. The van der Waals surface area contributed by atoms with Gasteiger partial charge in [-0.05, 0) is 30.5 Å². The monoisotopic (exact) mass is 492 g/mol. The van der Waals surface area contributed by atoms with Crippen LogP contribution < -0.4 is 10.1 Å². The topological polar surface area (TPSA) is 117 Å². The highest BCUT2D eigenvalue weighted by Crippen LogP contribution is 2.47.